The van der Waals surface area contributed by atoms with Crippen molar-refractivity contribution in [3.8, 4) is 0 Å². The van der Waals surface area contributed by atoms with E-state index >= 15 is 0 Å². The fourth-order valence-electron chi connectivity index (χ4n) is 4.44. The second-order valence-corrected chi connectivity index (χ2v) is 7.06. The van der Waals surface area contributed by atoms with Crippen LogP contribution in [0.2, 0.25) is 0 Å². The molecule has 0 aromatic heterocycles. The van der Waals surface area contributed by atoms with E-state index in [1.807, 2.05) is 30.3 Å². The van der Waals surface area contributed by atoms with E-state index in [2.05, 4.69) is 0 Å². The van der Waals surface area contributed by atoms with Gasteiger partial charge in [-0.05, 0) is 37.7 Å². The molecule has 1 fully saturated rings. The van der Waals surface area contributed by atoms with Crippen LogP contribution in [0.15, 0.2) is 30.3 Å². The second-order valence-electron chi connectivity index (χ2n) is 7.06. The van der Waals surface area contributed by atoms with Gasteiger partial charge in [0.05, 0.1) is 16.9 Å². The Hall–Kier alpha value is -1.88. The molecule has 1 aromatic carbocycles. The number of carboxylic acid groups (broad SMARTS) is 2. The van der Waals surface area contributed by atoms with Gasteiger partial charge >= 0.3 is 11.9 Å². The van der Waals surface area contributed by atoms with Crippen LogP contribution >= 0.6 is 0 Å². The Kier molecular flexibility index (Phi) is 5.33. The summed E-state index contributed by atoms with van der Waals surface area (Å²) in [5, 5.41) is 30.3. The summed E-state index contributed by atoms with van der Waals surface area (Å²) in [6, 6.07) is 9.17. The first-order valence-electron chi connectivity index (χ1n) is 8.47. The summed E-state index contributed by atoms with van der Waals surface area (Å²) < 4.78 is 0. The van der Waals surface area contributed by atoms with Crippen LogP contribution in [0.4, 0.5) is 0 Å². The minimum atomic E-state index is -1.49. The molecule has 0 aliphatic heterocycles. The molecule has 132 valence electrons. The molecular formula is C19H26O5. The predicted molar refractivity (Wildman–Crippen MR) is 89.6 cm³/mol. The molecule has 0 saturated heterocycles. The lowest BCUT2D eigenvalue weighted by Crippen LogP contribution is -2.60. The quantitative estimate of drug-likeness (QED) is 0.743. The van der Waals surface area contributed by atoms with Crippen LogP contribution in [-0.4, -0.2) is 33.4 Å². The molecular weight excluding hydrogens is 308 g/mol. The average Bonchev–Trinajstić information content (AvgIpc) is 2.55. The summed E-state index contributed by atoms with van der Waals surface area (Å²) >= 11 is 0. The van der Waals surface area contributed by atoms with E-state index in [-0.39, 0.29) is 12.8 Å². The number of aliphatic hydroxyl groups excluding tert-OH is 1. The van der Waals surface area contributed by atoms with Gasteiger partial charge in [-0.2, -0.15) is 0 Å². The van der Waals surface area contributed by atoms with E-state index in [0.29, 0.717) is 19.3 Å². The van der Waals surface area contributed by atoms with Crippen molar-refractivity contribution in [2.45, 2.75) is 52.1 Å². The average molecular weight is 334 g/mol. The third-order valence-electron chi connectivity index (χ3n) is 5.92. The molecule has 1 aliphatic rings. The van der Waals surface area contributed by atoms with Gasteiger partial charge in [-0.25, -0.2) is 0 Å². The highest BCUT2D eigenvalue weighted by Gasteiger charge is 2.65. The van der Waals surface area contributed by atoms with Crippen molar-refractivity contribution in [2.75, 3.05) is 0 Å². The Morgan fingerprint density at radius 2 is 1.62 bits per heavy atom. The molecule has 1 aromatic rings. The molecule has 0 radical (unpaired) electrons. The number of carboxylic acids is 2. The molecule has 2 rings (SSSR count). The summed E-state index contributed by atoms with van der Waals surface area (Å²) in [5.41, 5.74) is -2.10. The molecule has 4 unspecified atom stereocenters. The Bertz CT molecular complexity index is 597. The molecule has 0 amide bonds. The first kappa shape index (κ1) is 18.5. The van der Waals surface area contributed by atoms with E-state index in [9.17, 15) is 24.9 Å². The smallest absolute Gasteiger partial charge is 0.311 e. The summed E-state index contributed by atoms with van der Waals surface area (Å²) in [6.07, 6.45) is 1.18. The molecule has 5 heteroatoms. The van der Waals surface area contributed by atoms with Gasteiger partial charge in [0.2, 0.25) is 0 Å². The summed E-state index contributed by atoms with van der Waals surface area (Å²) in [7, 11) is 0. The van der Waals surface area contributed by atoms with Gasteiger partial charge in [0.25, 0.3) is 0 Å². The van der Waals surface area contributed by atoms with Crippen LogP contribution in [0.3, 0.4) is 0 Å². The van der Waals surface area contributed by atoms with E-state index in [4.69, 9.17) is 0 Å². The molecule has 1 saturated carbocycles. The third kappa shape index (κ3) is 2.81. The topological polar surface area (TPSA) is 94.8 Å². The summed E-state index contributed by atoms with van der Waals surface area (Å²) in [4.78, 5) is 24.7. The van der Waals surface area contributed by atoms with E-state index < -0.39 is 34.8 Å². The van der Waals surface area contributed by atoms with Crippen molar-refractivity contribution < 1.29 is 24.9 Å². The first-order valence-corrected chi connectivity index (χ1v) is 8.47. The molecule has 5 nitrogen and oxygen atoms in total. The molecule has 4 atom stereocenters. The lowest BCUT2D eigenvalue weighted by Gasteiger charge is -2.52. The highest BCUT2D eigenvalue weighted by molar-refractivity contribution is 5.87. The minimum Gasteiger partial charge on any atom is -0.481 e. The number of rotatable bonds is 6. The highest BCUT2D eigenvalue weighted by Crippen LogP contribution is 2.57. The van der Waals surface area contributed by atoms with Crippen LogP contribution < -0.4 is 0 Å². The Morgan fingerprint density at radius 1 is 1.04 bits per heavy atom. The van der Waals surface area contributed by atoms with Gasteiger partial charge in [0.1, 0.15) is 0 Å². The molecule has 0 spiro atoms. The van der Waals surface area contributed by atoms with Crippen molar-refractivity contribution in [1.82, 2.24) is 0 Å². The molecule has 0 heterocycles. The lowest BCUT2D eigenvalue weighted by atomic mass is 9.49. The van der Waals surface area contributed by atoms with Crippen molar-refractivity contribution >= 4 is 11.9 Å². The van der Waals surface area contributed by atoms with Crippen LogP contribution in [0.5, 0.6) is 0 Å². The maximum atomic E-state index is 12.4. The van der Waals surface area contributed by atoms with Crippen LogP contribution in [-0.2, 0) is 16.0 Å². The third-order valence-corrected chi connectivity index (χ3v) is 5.92. The van der Waals surface area contributed by atoms with Crippen LogP contribution in [0, 0.1) is 16.7 Å². The van der Waals surface area contributed by atoms with Gasteiger partial charge in [-0.3, -0.25) is 9.59 Å². The van der Waals surface area contributed by atoms with E-state index in [1.54, 1.807) is 13.8 Å². The minimum absolute atomic E-state index is 0.159. The second kappa shape index (κ2) is 6.93. The van der Waals surface area contributed by atoms with E-state index in [0.717, 1.165) is 5.56 Å². The van der Waals surface area contributed by atoms with Crippen LogP contribution in [0.25, 0.3) is 0 Å². The largest absolute Gasteiger partial charge is 0.481 e. The van der Waals surface area contributed by atoms with Gasteiger partial charge in [-0.1, -0.05) is 50.1 Å². The SMILES string of the molecule is CC(O)C(C)C1(C(=O)O)CCCCC1(Cc1ccccc1)C(=O)O. The lowest BCUT2D eigenvalue weighted by molar-refractivity contribution is -0.191. The van der Waals surface area contributed by atoms with Gasteiger partial charge in [-0.15, -0.1) is 0 Å². The maximum Gasteiger partial charge on any atom is 0.311 e. The van der Waals surface area contributed by atoms with Crippen molar-refractivity contribution in [1.29, 1.82) is 0 Å². The van der Waals surface area contributed by atoms with Crippen LogP contribution in [0.1, 0.15) is 45.1 Å². The number of benzene rings is 1. The Morgan fingerprint density at radius 3 is 2.12 bits per heavy atom. The van der Waals surface area contributed by atoms with Gasteiger partial charge in [0, 0.05) is 0 Å². The fraction of sp³-hybridized carbons (Fsp3) is 0.579. The zero-order valence-corrected chi connectivity index (χ0v) is 14.2. The molecule has 0 bridgehead atoms. The zero-order chi connectivity index (χ0) is 18.0. The maximum absolute atomic E-state index is 12.4. The normalized spacial score (nSPS) is 29.6. The molecule has 1 aliphatic carbocycles. The highest BCUT2D eigenvalue weighted by atomic mass is 16.4. The molecule has 3 N–H and O–H groups in total. The fourth-order valence-corrected chi connectivity index (χ4v) is 4.44. The number of carbonyl (C=O) groups is 2. The zero-order valence-electron chi connectivity index (χ0n) is 14.2. The van der Waals surface area contributed by atoms with Gasteiger partial charge in [0.15, 0.2) is 0 Å². The standard InChI is InChI=1S/C19H26O5/c1-13(14(2)20)19(17(23)24)11-7-6-10-18(19,16(21)22)12-15-8-4-3-5-9-15/h3-5,8-9,13-14,20H,6-7,10-12H2,1-2H3,(H,21,22)(H,23,24). The van der Waals surface area contributed by atoms with E-state index in [1.165, 1.54) is 0 Å². The predicted octanol–water partition coefficient (Wildman–Crippen LogP) is 2.96. The Labute approximate surface area is 142 Å². The Balaban J connectivity index is 2.63. The number of aliphatic carboxylic acids is 2. The van der Waals surface area contributed by atoms with Crippen molar-refractivity contribution in [3.05, 3.63) is 35.9 Å². The van der Waals surface area contributed by atoms with Crippen molar-refractivity contribution in [3.63, 3.8) is 0 Å². The van der Waals surface area contributed by atoms with Crippen molar-refractivity contribution in [2.24, 2.45) is 16.7 Å². The number of hydrogen-bond donors (Lipinski definition) is 3. The summed E-state index contributed by atoms with van der Waals surface area (Å²) in [5.74, 6) is -2.86. The van der Waals surface area contributed by atoms with Gasteiger partial charge < -0.3 is 15.3 Å². The number of hydrogen-bond acceptors (Lipinski definition) is 3. The monoisotopic (exact) mass is 334 g/mol. The summed E-state index contributed by atoms with van der Waals surface area (Å²) in [6.45, 7) is 3.20. The molecule has 24 heavy (non-hydrogen) atoms. The first-order chi connectivity index (χ1) is 11.3. The number of aliphatic hydroxyl groups is 1.